The maximum atomic E-state index is 12.9. The highest BCUT2D eigenvalue weighted by Crippen LogP contribution is 2.35. The fraction of sp³-hybridized carbons (Fsp3) is 0. The van der Waals surface area contributed by atoms with E-state index in [-0.39, 0.29) is 0 Å². The molecule has 0 aliphatic rings. The number of benzene rings is 6. The van der Waals surface area contributed by atoms with Crippen molar-refractivity contribution in [1.82, 2.24) is 0 Å². The van der Waals surface area contributed by atoms with E-state index in [1.54, 1.807) is 12.2 Å². The predicted molar refractivity (Wildman–Crippen MR) is 189 cm³/mol. The minimum absolute atomic E-state index is 0.795. The molecule has 0 atom stereocenters. The molecule has 0 heterocycles. The third-order valence-electron chi connectivity index (χ3n) is 7.26. The second kappa shape index (κ2) is 13.8. The summed E-state index contributed by atoms with van der Waals surface area (Å²) in [5.41, 5.74) is 7.72. The van der Waals surface area contributed by atoms with Gasteiger partial charge in [-0.2, -0.15) is 0 Å². The highest BCUT2D eigenvalue weighted by atomic mass is 32.2. The zero-order valence-electron chi connectivity index (χ0n) is 24.6. The average molecular weight is 605 g/mol. The second-order valence-electron chi connectivity index (χ2n) is 10.4. The van der Waals surface area contributed by atoms with Crippen molar-refractivity contribution in [2.75, 3.05) is 9.80 Å². The van der Waals surface area contributed by atoms with E-state index in [2.05, 4.69) is 58.3 Å². The van der Waals surface area contributed by atoms with Gasteiger partial charge in [-0.05, 0) is 96.1 Å². The van der Waals surface area contributed by atoms with Gasteiger partial charge in [0.15, 0.2) is 9.84 Å². The molecule has 0 N–H and O–H groups in total. The van der Waals surface area contributed by atoms with E-state index in [0.717, 1.165) is 45.3 Å². The van der Waals surface area contributed by atoms with Crippen LogP contribution in [0.25, 0.3) is 12.2 Å². The fourth-order valence-corrected chi connectivity index (χ4v) is 5.85. The smallest absolute Gasteiger partial charge is 0.193 e. The van der Waals surface area contributed by atoms with Crippen LogP contribution in [0.3, 0.4) is 0 Å². The first-order chi connectivity index (χ1) is 22.1. The molecule has 6 aromatic rings. The highest BCUT2D eigenvalue weighted by Gasteiger charge is 2.13. The van der Waals surface area contributed by atoms with Gasteiger partial charge in [0.2, 0.25) is 0 Å². The lowest BCUT2D eigenvalue weighted by atomic mass is 10.1. The van der Waals surface area contributed by atoms with Crippen LogP contribution in [-0.4, -0.2) is 8.42 Å². The molecular formula is C40H32N2O2S. The summed E-state index contributed by atoms with van der Waals surface area (Å²) < 4.78 is 25.8. The lowest BCUT2D eigenvalue weighted by Gasteiger charge is -2.25. The number of anilines is 6. The first-order valence-electron chi connectivity index (χ1n) is 14.7. The summed E-state index contributed by atoms with van der Waals surface area (Å²) in [5, 5.41) is 2.48. The van der Waals surface area contributed by atoms with Gasteiger partial charge in [-0.15, -0.1) is 0 Å². The van der Waals surface area contributed by atoms with Gasteiger partial charge < -0.3 is 9.80 Å². The molecule has 0 spiro atoms. The lowest BCUT2D eigenvalue weighted by Crippen LogP contribution is -2.09. The molecule has 5 heteroatoms. The van der Waals surface area contributed by atoms with Crippen molar-refractivity contribution in [3.05, 3.63) is 192 Å². The molecule has 0 bridgehead atoms. The van der Waals surface area contributed by atoms with Crippen molar-refractivity contribution in [2.24, 2.45) is 0 Å². The van der Waals surface area contributed by atoms with E-state index in [9.17, 15) is 8.42 Å². The third kappa shape index (κ3) is 7.47. The summed E-state index contributed by atoms with van der Waals surface area (Å²) in [4.78, 5) is 4.33. The summed E-state index contributed by atoms with van der Waals surface area (Å²) in [6.07, 6.45) is 3.25. The molecule has 220 valence electrons. The molecule has 6 aromatic carbocycles. The van der Waals surface area contributed by atoms with Gasteiger partial charge in [-0.25, -0.2) is 8.42 Å². The first-order valence-corrected chi connectivity index (χ1v) is 16.3. The van der Waals surface area contributed by atoms with Gasteiger partial charge in [0.05, 0.1) is 0 Å². The quantitative estimate of drug-likeness (QED) is 0.156. The zero-order valence-corrected chi connectivity index (χ0v) is 25.4. The molecule has 0 radical (unpaired) electrons. The molecule has 0 aliphatic heterocycles. The number of para-hydroxylation sites is 4. The van der Waals surface area contributed by atoms with Crippen LogP contribution in [0.15, 0.2) is 181 Å². The van der Waals surface area contributed by atoms with Crippen LogP contribution >= 0.6 is 0 Å². The van der Waals surface area contributed by atoms with E-state index < -0.39 is 9.84 Å². The Balaban J connectivity index is 1.17. The van der Waals surface area contributed by atoms with Gasteiger partial charge in [0, 0.05) is 44.9 Å². The largest absolute Gasteiger partial charge is 0.311 e. The highest BCUT2D eigenvalue weighted by molar-refractivity contribution is 7.97. The van der Waals surface area contributed by atoms with Crippen molar-refractivity contribution in [3.63, 3.8) is 0 Å². The van der Waals surface area contributed by atoms with Crippen LogP contribution in [0.1, 0.15) is 11.1 Å². The summed E-state index contributed by atoms with van der Waals surface area (Å²) in [6.45, 7) is 0. The number of hydrogen-bond donors (Lipinski definition) is 0. The van der Waals surface area contributed by atoms with Crippen LogP contribution in [0.2, 0.25) is 0 Å². The Morgan fingerprint density at radius 3 is 0.844 bits per heavy atom. The van der Waals surface area contributed by atoms with Crippen molar-refractivity contribution in [2.45, 2.75) is 0 Å². The van der Waals surface area contributed by atoms with Crippen molar-refractivity contribution >= 4 is 56.1 Å². The van der Waals surface area contributed by atoms with Crippen LogP contribution in [0, 0.1) is 0 Å². The molecule has 0 saturated heterocycles. The molecule has 45 heavy (non-hydrogen) atoms. The molecule has 0 aromatic heterocycles. The summed E-state index contributed by atoms with van der Waals surface area (Å²) in [7, 11) is -3.58. The number of sulfone groups is 1. The number of rotatable bonds is 10. The fourth-order valence-electron chi connectivity index (χ4n) is 5.06. The monoisotopic (exact) mass is 604 g/mol. The van der Waals surface area contributed by atoms with Gasteiger partial charge in [0.1, 0.15) is 0 Å². The van der Waals surface area contributed by atoms with Gasteiger partial charge in [-0.1, -0.05) is 97.1 Å². The molecule has 0 saturated carbocycles. The standard InChI is InChI=1S/C40H32N2O2S/c43-45(44,31-29-33-21-25-39(26-22-33)41(35-13-5-1-6-14-35)36-15-7-2-8-16-36)32-30-34-23-27-40(28-24-34)42(37-17-9-3-10-18-37)38-19-11-4-12-20-38/h1-32H/b31-29+,32-30+. The molecular weight excluding hydrogens is 573 g/mol. The van der Waals surface area contributed by atoms with Gasteiger partial charge in [0.25, 0.3) is 0 Å². The van der Waals surface area contributed by atoms with Crippen molar-refractivity contribution < 1.29 is 8.42 Å². The Kier molecular flexibility index (Phi) is 9.00. The molecule has 0 aliphatic carbocycles. The van der Waals surface area contributed by atoms with Crippen LogP contribution < -0.4 is 9.80 Å². The SMILES string of the molecule is O=S(=O)(/C=C/c1ccc(N(c2ccccc2)c2ccccc2)cc1)/C=C/c1ccc(N(c2ccccc2)c2ccccc2)cc1. The zero-order chi connectivity index (χ0) is 30.9. The summed E-state index contributed by atoms with van der Waals surface area (Å²) in [6, 6.07) is 56.3. The van der Waals surface area contributed by atoms with Crippen LogP contribution in [-0.2, 0) is 9.84 Å². The van der Waals surface area contributed by atoms with E-state index >= 15 is 0 Å². The first kappa shape index (κ1) is 29.4. The molecule has 0 unspecified atom stereocenters. The van der Waals surface area contributed by atoms with Crippen molar-refractivity contribution in [3.8, 4) is 0 Å². The molecule has 6 rings (SSSR count). The van der Waals surface area contributed by atoms with E-state index in [0.29, 0.717) is 0 Å². The van der Waals surface area contributed by atoms with E-state index in [4.69, 9.17) is 0 Å². The Morgan fingerprint density at radius 1 is 0.333 bits per heavy atom. The van der Waals surface area contributed by atoms with Crippen LogP contribution in [0.4, 0.5) is 34.1 Å². The van der Waals surface area contributed by atoms with Crippen LogP contribution in [0.5, 0.6) is 0 Å². The van der Waals surface area contributed by atoms with Crippen molar-refractivity contribution in [1.29, 1.82) is 0 Å². The average Bonchev–Trinajstić information content (AvgIpc) is 3.10. The lowest BCUT2D eigenvalue weighted by molar-refractivity contribution is 0.613. The Hall–Kier alpha value is -5.65. The van der Waals surface area contributed by atoms with Gasteiger partial charge in [-0.3, -0.25) is 0 Å². The maximum absolute atomic E-state index is 12.9. The summed E-state index contributed by atoms with van der Waals surface area (Å²) >= 11 is 0. The molecule has 0 fully saturated rings. The second-order valence-corrected chi connectivity index (χ2v) is 12.1. The molecule has 4 nitrogen and oxygen atoms in total. The van der Waals surface area contributed by atoms with E-state index in [1.807, 2.05) is 121 Å². The molecule has 0 amide bonds. The Bertz CT molecular complexity index is 1750. The minimum atomic E-state index is -3.58. The topological polar surface area (TPSA) is 40.6 Å². The Morgan fingerprint density at radius 2 is 0.578 bits per heavy atom. The Labute approximate surface area is 265 Å². The number of hydrogen-bond acceptors (Lipinski definition) is 4. The van der Waals surface area contributed by atoms with E-state index in [1.165, 1.54) is 10.8 Å². The van der Waals surface area contributed by atoms with Gasteiger partial charge >= 0.3 is 0 Å². The predicted octanol–water partition coefficient (Wildman–Crippen LogP) is 10.7. The maximum Gasteiger partial charge on any atom is 0.193 e. The summed E-state index contributed by atoms with van der Waals surface area (Å²) in [5.74, 6) is 0. The number of nitrogens with zero attached hydrogens (tertiary/aromatic N) is 2. The third-order valence-corrected chi connectivity index (χ3v) is 8.29. The normalized spacial score (nSPS) is 11.6. The minimum Gasteiger partial charge on any atom is -0.311 e.